The minimum absolute atomic E-state index is 0.108. The maximum atomic E-state index is 6.01. The fourth-order valence-corrected chi connectivity index (χ4v) is 3.17. The predicted molar refractivity (Wildman–Crippen MR) is 81.1 cm³/mol. The Morgan fingerprint density at radius 2 is 2.21 bits per heavy atom. The first-order valence-electron chi connectivity index (χ1n) is 6.23. The molecule has 1 N–H and O–H groups in total. The number of fused-ring (bicyclic) bond motifs is 1. The molecule has 1 atom stereocenters. The van der Waals surface area contributed by atoms with Gasteiger partial charge in [0, 0.05) is 15.3 Å². The van der Waals surface area contributed by atoms with Crippen LogP contribution in [0.15, 0.2) is 46.2 Å². The summed E-state index contributed by atoms with van der Waals surface area (Å²) < 4.78 is 5.95. The molecule has 2 heterocycles. The van der Waals surface area contributed by atoms with Crippen molar-refractivity contribution in [2.24, 2.45) is 0 Å². The van der Waals surface area contributed by atoms with Gasteiger partial charge in [0.05, 0.1) is 0 Å². The molecule has 0 amide bonds. The van der Waals surface area contributed by atoms with Gasteiger partial charge in [-0.1, -0.05) is 24.6 Å². The van der Waals surface area contributed by atoms with Gasteiger partial charge in [0.25, 0.3) is 0 Å². The molecule has 0 bridgehead atoms. The first-order valence-corrected chi connectivity index (χ1v) is 7.49. The molecule has 4 heteroatoms. The lowest BCUT2D eigenvalue weighted by atomic mass is 10.1. The van der Waals surface area contributed by atoms with E-state index in [-0.39, 0.29) is 6.04 Å². The highest BCUT2D eigenvalue weighted by Gasteiger charge is 2.18. The Hall–Kier alpha value is -1.29. The van der Waals surface area contributed by atoms with Crippen LogP contribution in [0.3, 0.4) is 0 Å². The minimum Gasteiger partial charge on any atom is -0.459 e. The van der Waals surface area contributed by atoms with Crippen molar-refractivity contribution in [3.63, 3.8) is 0 Å². The second-order valence-corrected chi connectivity index (χ2v) is 5.75. The van der Waals surface area contributed by atoms with E-state index >= 15 is 0 Å². The zero-order valence-corrected chi connectivity index (χ0v) is 12.1. The Morgan fingerprint density at radius 3 is 2.95 bits per heavy atom. The van der Waals surface area contributed by atoms with E-state index in [0.29, 0.717) is 0 Å². The predicted octanol–water partition coefficient (Wildman–Crippen LogP) is 4.85. The van der Waals surface area contributed by atoms with Crippen LogP contribution in [0.5, 0.6) is 0 Å². The van der Waals surface area contributed by atoms with Crippen molar-refractivity contribution in [3.8, 4) is 0 Å². The topological polar surface area (TPSA) is 25.2 Å². The molecule has 2 aromatic heterocycles. The lowest BCUT2D eigenvalue weighted by Gasteiger charge is -2.13. The molecule has 98 valence electrons. The number of hydrogen-bond acceptors (Lipinski definition) is 3. The Labute approximate surface area is 121 Å². The summed E-state index contributed by atoms with van der Waals surface area (Å²) in [7, 11) is 0. The fourth-order valence-electron chi connectivity index (χ4n) is 2.18. The van der Waals surface area contributed by atoms with Crippen LogP contribution in [0.4, 0.5) is 0 Å². The normalized spacial score (nSPS) is 12.9. The van der Waals surface area contributed by atoms with Gasteiger partial charge in [-0.3, -0.25) is 0 Å². The van der Waals surface area contributed by atoms with Gasteiger partial charge in [0.1, 0.15) is 17.4 Å². The number of nitrogens with one attached hydrogen (secondary N) is 1. The third-order valence-corrected chi connectivity index (χ3v) is 4.19. The zero-order valence-electron chi connectivity index (χ0n) is 10.5. The van der Waals surface area contributed by atoms with E-state index in [1.165, 1.54) is 4.88 Å². The van der Waals surface area contributed by atoms with E-state index in [0.717, 1.165) is 28.3 Å². The molecule has 0 aliphatic heterocycles. The van der Waals surface area contributed by atoms with Crippen molar-refractivity contribution in [1.29, 1.82) is 0 Å². The molecule has 0 saturated heterocycles. The van der Waals surface area contributed by atoms with Crippen molar-refractivity contribution in [2.75, 3.05) is 6.54 Å². The van der Waals surface area contributed by atoms with Crippen LogP contribution in [0.2, 0.25) is 5.02 Å². The Balaban J connectivity index is 2.05. The van der Waals surface area contributed by atoms with Gasteiger partial charge >= 0.3 is 0 Å². The third-order valence-electron chi connectivity index (χ3n) is 3.02. The number of hydrogen-bond donors (Lipinski definition) is 1. The standard InChI is InChI=1S/C15H14ClNOS/c1-2-17-15(14-4-3-7-19-14)13-9-10-8-11(16)5-6-12(10)18-13/h3-9,15,17H,2H2,1H3. The monoisotopic (exact) mass is 291 g/mol. The number of halogens is 1. The van der Waals surface area contributed by atoms with Crippen molar-refractivity contribution in [1.82, 2.24) is 5.32 Å². The van der Waals surface area contributed by atoms with Crippen LogP contribution in [0.25, 0.3) is 11.0 Å². The lowest BCUT2D eigenvalue weighted by molar-refractivity contribution is 0.481. The quantitative estimate of drug-likeness (QED) is 0.743. The van der Waals surface area contributed by atoms with Gasteiger partial charge in [-0.2, -0.15) is 0 Å². The second-order valence-electron chi connectivity index (χ2n) is 4.34. The van der Waals surface area contributed by atoms with E-state index in [9.17, 15) is 0 Å². The van der Waals surface area contributed by atoms with E-state index in [1.807, 2.05) is 18.2 Å². The molecule has 0 fully saturated rings. The van der Waals surface area contributed by atoms with Gasteiger partial charge in [0.2, 0.25) is 0 Å². The van der Waals surface area contributed by atoms with Crippen LogP contribution in [-0.4, -0.2) is 6.54 Å². The third kappa shape index (κ3) is 2.54. The summed E-state index contributed by atoms with van der Waals surface area (Å²) >= 11 is 7.74. The fraction of sp³-hybridized carbons (Fsp3) is 0.200. The smallest absolute Gasteiger partial charge is 0.134 e. The summed E-state index contributed by atoms with van der Waals surface area (Å²) in [6, 6.07) is 12.1. The molecule has 0 radical (unpaired) electrons. The van der Waals surface area contributed by atoms with E-state index in [1.54, 1.807) is 11.3 Å². The maximum Gasteiger partial charge on any atom is 0.134 e. The summed E-state index contributed by atoms with van der Waals surface area (Å²) in [5.74, 6) is 0.932. The molecule has 0 aliphatic carbocycles. The van der Waals surface area contributed by atoms with Gasteiger partial charge in [-0.05, 0) is 42.3 Å². The van der Waals surface area contributed by atoms with Crippen LogP contribution >= 0.6 is 22.9 Å². The highest BCUT2D eigenvalue weighted by Crippen LogP contribution is 2.31. The van der Waals surface area contributed by atoms with E-state index in [4.69, 9.17) is 16.0 Å². The Bertz CT molecular complexity index is 675. The molecule has 2 nitrogen and oxygen atoms in total. The lowest BCUT2D eigenvalue weighted by Crippen LogP contribution is -2.20. The van der Waals surface area contributed by atoms with Crippen LogP contribution in [-0.2, 0) is 0 Å². The first kappa shape index (κ1) is 12.7. The molecule has 0 spiro atoms. The average molecular weight is 292 g/mol. The van der Waals surface area contributed by atoms with Gasteiger partial charge in [0.15, 0.2) is 0 Å². The van der Waals surface area contributed by atoms with Gasteiger partial charge < -0.3 is 9.73 Å². The minimum atomic E-state index is 0.108. The molecular weight excluding hydrogens is 278 g/mol. The molecular formula is C15H14ClNOS. The largest absolute Gasteiger partial charge is 0.459 e. The maximum absolute atomic E-state index is 6.01. The van der Waals surface area contributed by atoms with Crippen LogP contribution in [0, 0.1) is 0 Å². The van der Waals surface area contributed by atoms with Gasteiger partial charge in [-0.25, -0.2) is 0 Å². The molecule has 19 heavy (non-hydrogen) atoms. The molecule has 1 aromatic carbocycles. The molecule has 3 rings (SSSR count). The molecule has 0 saturated carbocycles. The van der Waals surface area contributed by atoms with Crippen LogP contribution in [0.1, 0.15) is 23.6 Å². The first-order chi connectivity index (χ1) is 9.28. The number of thiophene rings is 1. The van der Waals surface area contributed by atoms with Crippen molar-refractivity contribution in [2.45, 2.75) is 13.0 Å². The molecule has 3 aromatic rings. The van der Waals surface area contributed by atoms with Crippen molar-refractivity contribution < 1.29 is 4.42 Å². The molecule has 1 unspecified atom stereocenters. The summed E-state index contributed by atoms with van der Waals surface area (Å²) in [4.78, 5) is 1.26. The average Bonchev–Trinajstić information content (AvgIpc) is 3.04. The number of benzene rings is 1. The number of rotatable bonds is 4. The van der Waals surface area contributed by atoms with Gasteiger partial charge in [-0.15, -0.1) is 11.3 Å². The zero-order chi connectivity index (χ0) is 13.2. The van der Waals surface area contributed by atoms with E-state index in [2.05, 4.69) is 35.8 Å². The van der Waals surface area contributed by atoms with Crippen molar-refractivity contribution >= 4 is 33.9 Å². The second kappa shape index (κ2) is 5.37. The number of furan rings is 1. The summed E-state index contributed by atoms with van der Waals surface area (Å²) in [5, 5.41) is 7.32. The Morgan fingerprint density at radius 1 is 1.32 bits per heavy atom. The van der Waals surface area contributed by atoms with Crippen LogP contribution < -0.4 is 5.32 Å². The van der Waals surface area contributed by atoms with Crippen molar-refractivity contribution in [3.05, 3.63) is 57.4 Å². The molecule has 0 aliphatic rings. The SMILES string of the molecule is CCNC(c1cc2cc(Cl)ccc2o1)c1cccs1. The Kier molecular flexibility index (Phi) is 3.60. The highest BCUT2D eigenvalue weighted by molar-refractivity contribution is 7.10. The van der Waals surface area contributed by atoms with E-state index < -0.39 is 0 Å². The summed E-state index contributed by atoms with van der Waals surface area (Å²) in [5.41, 5.74) is 0.874. The highest BCUT2D eigenvalue weighted by atomic mass is 35.5. The summed E-state index contributed by atoms with van der Waals surface area (Å²) in [6.45, 7) is 2.99. The summed E-state index contributed by atoms with van der Waals surface area (Å²) in [6.07, 6.45) is 0.